The number of carbonyl (C=O) groups excluding carboxylic acids is 1. The van der Waals surface area contributed by atoms with E-state index in [0.717, 1.165) is 17.4 Å². The van der Waals surface area contributed by atoms with Gasteiger partial charge in [-0.2, -0.15) is 10.2 Å². The summed E-state index contributed by atoms with van der Waals surface area (Å²) in [5, 5.41) is 11.9. The molecule has 18 heavy (non-hydrogen) atoms. The van der Waals surface area contributed by atoms with E-state index in [1.807, 2.05) is 6.92 Å². The van der Waals surface area contributed by atoms with Crippen LogP contribution in [0.25, 0.3) is 0 Å². The maximum atomic E-state index is 12.2. The van der Waals surface area contributed by atoms with E-state index >= 15 is 0 Å². The molecule has 4 nitrogen and oxygen atoms in total. The lowest BCUT2D eigenvalue weighted by atomic mass is 10.0. The Hall–Kier alpha value is -0.970. The maximum Gasteiger partial charge on any atom is 0.253 e. The summed E-state index contributed by atoms with van der Waals surface area (Å²) in [4.78, 5) is 12.2. The van der Waals surface area contributed by atoms with Crippen LogP contribution in [0.2, 0.25) is 0 Å². The Morgan fingerprint density at radius 3 is 2.61 bits per heavy atom. The Morgan fingerprint density at radius 1 is 1.39 bits per heavy atom. The highest BCUT2D eigenvalue weighted by molar-refractivity contribution is 9.09. The summed E-state index contributed by atoms with van der Waals surface area (Å²) in [5.41, 5.74) is 2.04. The number of alkyl halides is 1. The van der Waals surface area contributed by atoms with Crippen molar-refractivity contribution in [3.63, 3.8) is 0 Å². The molecule has 0 aliphatic heterocycles. The molecule has 1 aromatic heterocycles. The van der Waals surface area contributed by atoms with Crippen molar-refractivity contribution < 1.29 is 4.79 Å². The Bertz CT molecular complexity index is 421. The molecule has 0 fully saturated rings. The molecule has 5 heteroatoms. The van der Waals surface area contributed by atoms with Gasteiger partial charge >= 0.3 is 0 Å². The number of hydrogen-bond acceptors (Lipinski definition) is 3. The number of hydrogen-bond donors (Lipinski definition) is 1. The quantitative estimate of drug-likeness (QED) is 0.850. The lowest BCUT2D eigenvalue weighted by Gasteiger charge is -2.21. The van der Waals surface area contributed by atoms with Gasteiger partial charge in [-0.1, -0.05) is 29.8 Å². The summed E-state index contributed by atoms with van der Waals surface area (Å²) >= 11 is 3.42. The van der Waals surface area contributed by atoms with E-state index in [9.17, 15) is 4.79 Å². The van der Waals surface area contributed by atoms with Gasteiger partial charge < -0.3 is 5.32 Å². The predicted octanol–water partition coefficient (Wildman–Crippen LogP) is 2.63. The van der Waals surface area contributed by atoms with Crippen molar-refractivity contribution in [2.24, 2.45) is 5.92 Å². The second-order valence-corrected chi connectivity index (χ2v) is 5.58. The highest BCUT2D eigenvalue weighted by Gasteiger charge is 2.18. The molecule has 100 valence electrons. The van der Waals surface area contributed by atoms with Crippen molar-refractivity contribution in [2.45, 2.75) is 40.2 Å². The summed E-state index contributed by atoms with van der Waals surface area (Å²) < 4.78 is 0. The fourth-order valence-electron chi connectivity index (χ4n) is 1.72. The molecule has 0 aliphatic carbocycles. The van der Waals surface area contributed by atoms with Crippen LogP contribution in [0.5, 0.6) is 0 Å². The van der Waals surface area contributed by atoms with Crippen LogP contribution in [-0.2, 0) is 0 Å². The zero-order valence-electron chi connectivity index (χ0n) is 11.3. The number of nitrogens with zero attached hydrogens (tertiary/aromatic N) is 2. The van der Waals surface area contributed by atoms with Crippen molar-refractivity contribution in [1.29, 1.82) is 0 Å². The fourth-order valence-corrected chi connectivity index (χ4v) is 2.21. The predicted molar refractivity (Wildman–Crippen MR) is 76.0 cm³/mol. The van der Waals surface area contributed by atoms with Gasteiger partial charge in [0, 0.05) is 11.4 Å². The zero-order chi connectivity index (χ0) is 13.7. The highest BCUT2D eigenvalue weighted by atomic mass is 79.9. The average Bonchev–Trinajstić information content (AvgIpc) is 2.31. The van der Waals surface area contributed by atoms with Crippen LogP contribution in [0, 0.1) is 19.8 Å². The summed E-state index contributed by atoms with van der Waals surface area (Å²) in [6.45, 7) is 7.85. The van der Waals surface area contributed by atoms with Crippen molar-refractivity contribution in [3.8, 4) is 0 Å². The molecule has 0 saturated carbocycles. The third-order valence-corrected chi connectivity index (χ3v) is 3.34. The molecule has 1 atom stereocenters. The van der Waals surface area contributed by atoms with Crippen LogP contribution >= 0.6 is 15.9 Å². The second-order valence-electron chi connectivity index (χ2n) is 4.79. The SMILES string of the molecule is Cc1cc(C(=O)NC(CCBr)C(C)C)c(C)nn1. The molecule has 0 spiro atoms. The number of amides is 1. The Kier molecular flexibility index (Phi) is 5.72. The lowest BCUT2D eigenvalue weighted by Crippen LogP contribution is -2.39. The zero-order valence-corrected chi connectivity index (χ0v) is 12.9. The molecule has 0 aliphatic rings. The first-order chi connectivity index (χ1) is 8.45. The topological polar surface area (TPSA) is 54.9 Å². The number of rotatable bonds is 5. The molecular weight excluding hydrogens is 294 g/mol. The van der Waals surface area contributed by atoms with Gasteiger partial charge in [-0.05, 0) is 32.3 Å². The minimum Gasteiger partial charge on any atom is -0.349 e. The third-order valence-electron chi connectivity index (χ3n) is 2.89. The van der Waals surface area contributed by atoms with Crippen molar-refractivity contribution in [3.05, 3.63) is 23.0 Å². The van der Waals surface area contributed by atoms with Gasteiger partial charge in [0.2, 0.25) is 0 Å². The van der Waals surface area contributed by atoms with Crippen LogP contribution in [0.1, 0.15) is 42.0 Å². The normalized spacial score (nSPS) is 12.6. The molecule has 1 unspecified atom stereocenters. The van der Waals surface area contributed by atoms with Crippen LogP contribution < -0.4 is 5.32 Å². The smallest absolute Gasteiger partial charge is 0.253 e. The van der Waals surface area contributed by atoms with E-state index in [-0.39, 0.29) is 11.9 Å². The first-order valence-electron chi connectivity index (χ1n) is 6.13. The fraction of sp³-hybridized carbons (Fsp3) is 0.615. The van der Waals surface area contributed by atoms with E-state index in [0.29, 0.717) is 17.2 Å². The lowest BCUT2D eigenvalue weighted by molar-refractivity contribution is 0.0923. The van der Waals surface area contributed by atoms with Crippen molar-refractivity contribution in [1.82, 2.24) is 15.5 Å². The van der Waals surface area contributed by atoms with E-state index in [1.54, 1.807) is 13.0 Å². The number of nitrogens with one attached hydrogen (secondary N) is 1. The minimum atomic E-state index is -0.0647. The summed E-state index contributed by atoms with van der Waals surface area (Å²) in [7, 11) is 0. The summed E-state index contributed by atoms with van der Waals surface area (Å²) in [6, 6.07) is 1.95. The Labute approximate surface area is 117 Å². The van der Waals surface area contributed by atoms with Gasteiger partial charge in [0.15, 0.2) is 0 Å². The van der Waals surface area contributed by atoms with Gasteiger partial charge in [-0.3, -0.25) is 4.79 Å². The Balaban J connectivity index is 2.83. The molecule has 1 rings (SSSR count). The Morgan fingerprint density at radius 2 is 2.06 bits per heavy atom. The van der Waals surface area contributed by atoms with Gasteiger partial charge in [0.25, 0.3) is 5.91 Å². The number of carbonyl (C=O) groups is 1. The molecule has 1 heterocycles. The maximum absolute atomic E-state index is 12.2. The highest BCUT2D eigenvalue weighted by Crippen LogP contribution is 2.11. The number of aryl methyl sites for hydroxylation is 2. The van der Waals surface area contributed by atoms with Crippen molar-refractivity contribution >= 4 is 21.8 Å². The van der Waals surface area contributed by atoms with Gasteiger partial charge in [-0.25, -0.2) is 0 Å². The molecule has 1 N–H and O–H groups in total. The monoisotopic (exact) mass is 313 g/mol. The van der Waals surface area contributed by atoms with E-state index in [2.05, 4.69) is 45.3 Å². The minimum absolute atomic E-state index is 0.0647. The molecular formula is C13H20BrN3O. The standard InChI is InChI=1S/C13H20BrN3O/c1-8(2)12(5-6-14)15-13(18)11-7-9(3)16-17-10(11)4/h7-8,12H,5-6H2,1-4H3,(H,15,18). The largest absolute Gasteiger partial charge is 0.349 e. The van der Waals surface area contributed by atoms with Crippen LogP contribution in [-0.4, -0.2) is 27.5 Å². The molecule has 1 aromatic rings. The molecule has 0 bridgehead atoms. The number of halogens is 1. The van der Waals surface area contributed by atoms with Gasteiger partial charge in [0.05, 0.1) is 17.0 Å². The molecule has 0 radical (unpaired) electrons. The van der Waals surface area contributed by atoms with Crippen LogP contribution in [0.3, 0.4) is 0 Å². The first kappa shape index (κ1) is 15.1. The second kappa shape index (κ2) is 6.83. The third kappa shape index (κ3) is 4.05. The van der Waals surface area contributed by atoms with E-state index in [1.165, 1.54) is 0 Å². The summed E-state index contributed by atoms with van der Waals surface area (Å²) in [5.74, 6) is 0.341. The summed E-state index contributed by atoms with van der Waals surface area (Å²) in [6.07, 6.45) is 0.917. The number of aromatic nitrogens is 2. The van der Waals surface area contributed by atoms with Gasteiger partial charge in [-0.15, -0.1) is 0 Å². The van der Waals surface area contributed by atoms with E-state index in [4.69, 9.17) is 0 Å². The molecule has 0 saturated heterocycles. The molecule has 1 amide bonds. The first-order valence-corrected chi connectivity index (χ1v) is 7.25. The van der Waals surface area contributed by atoms with Crippen LogP contribution in [0.4, 0.5) is 0 Å². The van der Waals surface area contributed by atoms with E-state index < -0.39 is 0 Å². The van der Waals surface area contributed by atoms with Gasteiger partial charge in [0.1, 0.15) is 0 Å². The van der Waals surface area contributed by atoms with Crippen molar-refractivity contribution in [2.75, 3.05) is 5.33 Å². The molecule has 0 aromatic carbocycles. The van der Waals surface area contributed by atoms with Crippen LogP contribution in [0.15, 0.2) is 6.07 Å². The average molecular weight is 314 g/mol.